The third-order valence-corrected chi connectivity index (χ3v) is 5.16. The van der Waals surface area contributed by atoms with Crippen LogP contribution in [0.4, 0.5) is 18.9 Å². The number of anilines is 1. The van der Waals surface area contributed by atoms with E-state index in [0.29, 0.717) is 0 Å². The number of hydrogen-bond acceptors (Lipinski definition) is 3. The molecule has 0 aliphatic rings. The average molecular weight is 372 g/mol. The van der Waals surface area contributed by atoms with Crippen LogP contribution in [0.1, 0.15) is 15.9 Å². The van der Waals surface area contributed by atoms with Crippen molar-refractivity contribution in [2.75, 3.05) is 19.4 Å². The number of carbonyl (C=O) groups is 1. The van der Waals surface area contributed by atoms with Crippen LogP contribution < -0.4 is 5.32 Å². The Morgan fingerprint density at radius 2 is 1.64 bits per heavy atom. The smallest absolute Gasteiger partial charge is 0.322 e. The molecule has 2 aromatic rings. The van der Waals surface area contributed by atoms with E-state index in [9.17, 15) is 26.4 Å². The topological polar surface area (TPSA) is 66.5 Å². The number of hydrogen-bond donors (Lipinski definition) is 1. The normalized spacial score (nSPS) is 12.2. The van der Waals surface area contributed by atoms with Gasteiger partial charge in [-0.15, -0.1) is 0 Å². The number of halogens is 3. The Morgan fingerprint density at radius 1 is 1.04 bits per heavy atom. The first kappa shape index (κ1) is 18.9. The minimum Gasteiger partial charge on any atom is -0.322 e. The van der Waals surface area contributed by atoms with E-state index in [-0.39, 0.29) is 16.1 Å². The number of sulfonamides is 1. The highest BCUT2D eigenvalue weighted by molar-refractivity contribution is 7.89. The highest BCUT2D eigenvalue weighted by Gasteiger charge is 2.30. The number of alkyl halides is 3. The molecule has 1 amide bonds. The van der Waals surface area contributed by atoms with Crippen molar-refractivity contribution in [1.29, 1.82) is 0 Å². The van der Waals surface area contributed by atoms with Crippen molar-refractivity contribution < 1.29 is 26.4 Å². The summed E-state index contributed by atoms with van der Waals surface area (Å²) in [5.41, 5.74) is -0.591. The lowest BCUT2D eigenvalue weighted by Crippen LogP contribution is -2.22. The molecule has 0 atom stereocenters. The van der Waals surface area contributed by atoms with Crippen LogP contribution in [0.5, 0.6) is 0 Å². The molecular formula is C16H15F3N2O3S. The van der Waals surface area contributed by atoms with Gasteiger partial charge in [0.15, 0.2) is 0 Å². The summed E-state index contributed by atoms with van der Waals surface area (Å²) in [5, 5.41) is 2.43. The van der Waals surface area contributed by atoms with Gasteiger partial charge in [0, 0.05) is 25.3 Å². The van der Waals surface area contributed by atoms with Crippen molar-refractivity contribution in [2.24, 2.45) is 0 Å². The molecule has 0 unspecified atom stereocenters. The first-order valence-electron chi connectivity index (χ1n) is 7.03. The van der Waals surface area contributed by atoms with E-state index in [2.05, 4.69) is 5.32 Å². The third kappa shape index (κ3) is 4.37. The summed E-state index contributed by atoms with van der Waals surface area (Å²) in [6.07, 6.45) is -4.46. The summed E-state index contributed by atoms with van der Waals surface area (Å²) in [7, 11) is -0.969. The molecule has 5 nitrogen and oxygen atoms in total. The largest absolute Gasteiger partial charge is 0.416 e. The molecule has 0 heterocycles. The predicted molar refractivity (Wildman–Crippen MR) is 86.7 cm³/mol. The summed E-state index contributed by atoms with van der Waals surface area (Å²) in [6.45, 7) is 0. The van der Waals surface area contributed by atoms with E-state index in [1.165, 1.54) is 38.4 Å². The Bertz CT molecular complexity index is 876. The molecule has 0 bridgehead atoms. The fraction of sp³-hybridized carbons (Fsp3) is 0.188. The van der Waals surface area contributed by atoms with Crippen molar-refractivity contribution in [3.05, 3.63) is 59.7 Å². The summed E-state index contributed by atoms with van der Waals surface area (Å²) in [5.74, 6) is -0.629. The fourth-order valence-corrected chi connectivity index (χ4v) is 2.90. The molecule has 0 radical (unpaired) electrons. The van der Waals surface area contributed by atoms with Crippen molar-refractivity contribution in [1.82, 2.24) is 4.31 Å². The lowest BCUT2D eigenvalue weighted by molar-refractivity contribution is -0.137. The summed E-state index contributed by atoms with van der Waals surface area (Å²) in [4.78, 5) is 12.1. The van der Waals surface area contributed by atoms with E-state index in [1.807, 2.05) is 0 Å². The van der Waals surface area contributed by atoms with Gasteiger partial charge in [0.05, 0.1) is 10.5 Å². The van der Waals surface area contributed by atoms with E-state index < -0.39 is 27.7 Å². The molecule has 1 N–H and O–H groups in total. The predicted octanol–water partition coefficient (Wildman–Crippen LogP) is 3.21. The van der Waals surface area contributed by atoms with Crippen LogP contribution in [0.3, 0.4) is 0 Å². The Kier molecular flexibility index (Phi) is 5.19. The average Bonchev–Trinajstić information content (AvgIpc) is 2.54. The summed E-state index contributed by atoms with van der Waals surface area (Å²) < 4.78 is 62.7. The van der Waals surface area contributed by atoms with Gasteiger partial charge >= 0.3 is 6.18 Å². The molecule has 25 heavy (non-hydrogen) atoms. The van der Waals surface area contributed by atoms with Crippen molar-refractivity contribution in [2.45, 2.75) is 11.1 Å². The molecule has 0 aliphatic carbocycles. The van der Waals surface area contributed by atoms with Gasteiger partial charge in [-0.3, -0.25) is 4.79 Å². The first-order chi connectivity index (χ1) is 11.5. The van der Waals surface area contributed by atoms with Gasteiger partial charge < -0.3 is 5.32 Å². The zero-order chi connectivity index (χ0) is 18.8. The summed E-state index contributed by atoms with van der Waals surface area (Å²) >= 11 is 0. The van der Waals surface area contributed by atoms with Crippen LogP contribution in [-0.2, 0) is 16.2 Å². The van der Waals surface area contributed by atoms with E-state index in [1.54, 1.807) is 0 Å². The molecule has 2 aromatic carbocycles. The molecule has 9 heteroatoms. The van der Waals surface area contributed by atoms with Crippen molar-refractivity contribution in [3.8, 4) is 0 Å². The second-order valence-electron chi connectivity index (χ2n) is 5.34. The first-order valence-corrected chi connectivity index (χ1v) is 8.47. The minimum atomic E-state index is -4.46. The van der Waals surface area contributed by atoms with Gasteiger partial charge in [-0.1, -0.05) is 6.07 Å². The molecule has 0 aromatic heterocycles. The minimum absolute atomic E-state index is 0.0578. The lowest BCUT2D eigenvalue weighted by Gasteiger charge is -2.12. The maximum Gasteiger partial charge on any atom is 0.416 e. The van der Waals surface area contributed by atoms with Crippen LogP contribution >= 0.6 is 0 Å². The zero-order valence-corrected chi connectivity index (χ0v) is 14.1. The monoisotopic (exact) mass is 372 g/mol. The van der Waals surface area contributed by atoms with Crippen molar-refractivity contribution >= 4 is 21.6 Å². The Balaban J connectivity index is 2.22. The Hall–Kier alpha value is -2.39. The second kappa shape index (κ2) is 6.85. The number of amides is 1. The molecule has 2 rings (SSSR count). The summed E-state index contributed by atoms with van der Waals surface area (Å²) in [6, 6.07) is 9.33. The van der Waals surface area contributed by atoms with Gasteiger partial charge in [0.1, 0.15) is 0 Å². The number of rotatable bonds is 4. The van der Waals surface area contributed by atoms with Crippen LogP contribution in [0.2, 0.25) is 0 Å². The standard InChI is InChI=1S/C16H15F3N2O3S/c1-21(2)25(23,24)14-5-3-4-11(10-14)15(22)20-13-8-6-12(7-9-13)16(17,18)19/h3-10H,1-2H3,(H,20,22). The van der Waals surface area contributed by atoms with Crippen LogP contribution in [-0.4, -0.2) is 32.7 Å². The molecular weight excluding hydrogens is 357 g/mol. The molecule has 0 saturated carbocycles. The SMILES string of the molecule is CN(C)S(=O)(=O)c1cccc(C(=O)Nc2ccc(C(F)(F)F)cc2)c1. The number of nitrogens with one attached hydrogen (secondary N) is 1. The van der Waals surface area contributed by atoms with E-state index in [4.69, 9.17) is 0 Å². The van der Waals surface area contributed by atoms with Crippen LogP contribution in [0.15, 0.2) is 53.4 Å². The molecule has 0 saturated heterocycles. The van der Waals surface area contributed by atoms with E-state index >= 15 is 0 Å². The van der Waals surface area contributed by atoms with Gasteiger partial charge in [0.25, 0.3) is 5.91 Å². The molecule has 0 spiro atoms. The van der Waals surface area contributed by atoms with Crippen molar-refractivity contribution in [3.63, 3.8) is 0 Å². The van der Waals surface area contributed by atoms with Gasteiger partial charge in [0.2, 0.25) is 10.0 Å². The zero-order valence-electron chi connectivity index (χ0n) is 13.3. The Labute approximate surface area is 143 Å². The van der Waals surface area contributed by atoms with Gasteiger partial charge in [-0.25, -0.2) is 12.7 Å². The van der Waals surface area contributed by atoms with Crippen LogP contribution in [0.25, 0.3) is 0 Å². The molecule has 0 fully saturated rings. The number of carbonyl (C=O) groups excluding carboxylic acids is 1. The molecule has 134 valence electrons. The molecule has 0 aliphatic heterocycles. The lowest BCUT2D eigenvalue weighted by atomic mass is 10.2. The van der Waals surface area contributed by atoms with Gasteiger partial charge in [-0.05, 0) is 42.5 Å². The number of benzene rings is 2. The third-order valence-electron chi connectivity index (χ3n) is 3.34. The highest BCUT2D eigenvalue weighted by atomic mass is 32.2. The van der Waals surface area contributed by atoms with Crippen LogP contribution in [0, 0.1) is 0 Å². The van der Waals surface area contributed by atoms with E-state index in [0.717, 1.165) is 28.6 Å². The highest BCUT2D eigenvalue weighted by Crippen LogP contribution is 2.29. The van der Waals surface area contributed by atoms with Gasteiger partial charge in [-0.2, -0.15) is 13.2 Å². The maximum absolute atomic E-state index is 12.5. The maximum atomic E-state index is 12.5. The fourth-order valence-electron chi connectivity index (χ4n) is 1.95. The Morgan fingerprint density at radius 3 is 2.16 bits per heavy atom. The quantitative estimate of drug-likeness (QED) is 0.896. The second-order valence-corrected chi connectivity index (χ2v) is 7.50. The number of nitrogens with zero attached hydrogens (tertiary/aromatic N) is 1.